The SMILES string of the molecule is Cc1ccc(-c2nc(C(=O)NCc3ccc(F)cc3)c(CO)c(=O)[nH]2)cc1. The molecule has 138 valence electrons. The van der Waals surface area contributed by atoms with Gasteiger partial charge < -0.3 is 15.4 Å². The van der Waals surface area contributed by atoms with Crippen LogP contribution in [0, 0.1) is 12.7 Å². The number of aryl methyl sites for hydroxylation is 1. The molecular formula is C20H18FN3O3. The summed E-state index contributed by atoms with van der Waals surface area (Å²) >= 11 is 0. The maximum absolute atomic E-state index is 13.0. The lowest BCUT2D eigenvalue weighted by Gasteiger charge is -2.10. The predicted octanol–water partition coefficient (Wildman–Crippen LogP) is 2.31. The molecule has 0 aliphatic heterocycles. The first-order valence-electron chi connectivity index (χ1n) is 8.31. The van der Waals surface area contributed by atoms with Crippen molar-refractivity contribution in [2.45, 2.75) is 20.1 Å². The van der Waals surface area contributed by atoms with Gasteiger partial charge in [-0.3, -0.25) is 9.59 Å². The maximum Gasteiger partial charge on any atom is 0.270 e. The van der Waals surface area contributed by atoms with Crippen LogP contribution >= 0.6 is 0 Å². The number of benzene rings is 2. The van der Waals surface area contributed by atoms with E-state index >= 15 is 0 Å². The van der Waals surface area contributed by atoms with Gasteiger partial charge in [0.15, 0.2) is 0 Å². The van der Waals surface area contributed by atoms with E-state index in [0.29, 0.717) is 11.1 Å². The number of hydrogen-bond acceptors (Lipinski definition) is 4. The molecule has 2 aromatic carbocycles. The van der Waals surface area contributed by atoms with E-state index in [9.17, 15) is 19.1 Å². The van der Waals surface area contributed by atoms with Crippen LogP contribution in [0.15, 0.2) is 53.3 Å². The Balaban J connectivity index is 1.90. The smallest absolute Gasteiger partial charge is 0.270 e. The Kier molecular flexibility index (Phi) is 5.42. The van der Waals surface area contributed by atoms with E-state index in [1.54, 1.807) is 24.3 Å². The van der Waals surface area contributed by atoms with Crippen LogP contribution in [0.25, 0.3) is 11.4 Å². The minimum Gasteiger partial charge on any atom is -0.391 e. The number of aliphatic hydroxyl groups is 1. The quantitative estimate of drug-likeness (QED) is 0.645. The van der Waals surface area contributed by atoms with Gasteiger partial charge in [-0.1, -0.05) is 42.0 Å². The van der Waals surface area contributed by atoms with Crippen molar-refractivity contribution in [1.29, 1.82) is 0 Å². The van der Waals surface area contributed by atoms with Gasteiger partial charge in [0.25, 0.3) is 11.5 Å². The molecule has 7 heteroatoms. The molecule has 0 bridgehead atoms. The van der Waals surface area contributed by atoms with E-state index in [-0.39, 0.29) is 29.4 Å². The summed E-state index contributed by atoms with van der Waals surface area (Å²) in [4.78, 5) is 31.6. The van der Waals surface area contributed by atoms with E-state index in [4.69, 9.17) is 0 Å². The third-order valence-electron chi connectivity index (χ3n) is 4.08. The molecule has 3 N–H and O–H groups in total. The minimum absolute atomic E-state index is 0.109. The summed E-state index contributed by atoms with van der Waals surface area (Å²) in [5.41, 5.74) is 1.57. The zero-order valence-corrected chi connectivity index (χ0v) is 14.6. The van der Waals surface area contributed by atoms with Crippen LogP contribution in [0.4, 0.5) is 4.39 Å². The second kappa shape index (κ2) is 7.92. The van der Waals surface area contributed by atoms with E-state index in [2.05, 4.69) is 15.3 Å². The highest BCUT2D eigenvalue weighted by atomic mass is 19.1. The van der Waals surface area contributed by atoms with E-state index in [0.717, 1.165) is 5.56 Å². The van der Waals surface area contributed by atoms with Crippen LogP contribution in [0.2, 0.25) is 0 Å². The molecule has 0 radical (unpaired) electrons. The lowest BCUT2D eigenvalue weighted by atomic mass is 10.1. The van der Waals surface area contributed by atoms with Crippen LogP contribution < -0.4 is 10.9 Å². The fourth-order valence-corrected chi connectivity index (χ4v) is 2.55. The Bertz CT molecular complexity index is 1010. The first-order chi connectivity index (χ1) is 13.0. The summed E-state index contributed by atoms with van der Waals surface area (Å²) in [7, 11) is 0. The van der Waals surface area contributed by atoms with Crippen molar-refractivity contribution in [3.63, 3.8) is 0 Å². The van der Waals surface area contributed by atoms with Gasteiger partial charge >= 0.3 is 0 Å². The number of aromatic amines is 1. The van der Waals surface area contributed by atoms with Crippen molar-refractivity contribution < 1.29 is 14.3 Å². The molecule has 1 heterocycles. The van der Waals surface area contributed by atoms with Gasteiger partial charge in [0.05, 0.1) is 12.2 Å². The number of rotatable bonds is 5. The maximum atomic E-state index is 13.0. The molecule has 27 heavy (non-hydrogen) atoms. The highest BCUT2D eigenvalue weighted by Crippen LogP contribution is 2.16. The number of amides is 1. The molecule has 1 amide bonds. The van der Waals surface area contributed by atoms with Crippen molar-refractivity contribution in [2.24, 2.45) is 0 Å². The number of halogens is 1. The van der Waals surface area contributed by atoms with Crippen molar-refractivity contribution in [2.75, 3.05) is 0 Å². The number of H-pyrrole nitrogens is 1. The second-order valence-corrected chi connectivity index (χ2v) is 6.07. The predicted molar refractivity (Wildman–Crippen MR) is 98.5 cm³/mol. The molecule has 0 aliphatic rings. The Morgan fingerprint density at radius 3 is 2.44 bits per heavy atom. The Labute approximate surface area is 154 Å². The number of carbonyl (C=O) groups is 1. The van der Waals surface area contributed by atoms with Crippen molar-refractivity contribution in [3.05, 3.63) is 87.1 Å². The van der Waals surface area contributed by atoms with Gasteiger partial charge in [-0.05, 0) is 24.6 Å². The van der Waals surface area contributed by atoms with E-state index in [1.165, 1.54) is 12.1 Å². The summed E-state index contributed by atoms with van der Waals surface area (Å²) < 4.78 is 13.0. The number of hydrogen-bond donors (Lipinski definition) is 3. The van der Waals surface area contributed by atoms with Crippen LogP contribution in [-0.4, -0.2) is 21.0 Å². The van der Waals surface area contributed by atoms with Crippen molar-refractivity contribution >= 4 is 5.91 Å². The molecule has 0 atom stereocenters. The van der Waals surface area contributed by atoms with Crippen LogP contribution in [0.5, 0.6) is 0 Å². The zero-order valence-electron chi connectivity index (χ0n) is 14.6. The standard InChI is InChI=1S/C20H18FN3O3/c1-12-2-6-14(7-3-12)18-23-17(16(11-25)19(26)24-18)20(27)22-10-13-4-8-15(21)9-5-13/h2-9,25H,10-11H2,1H3,(H,22,27)(H,23,24,26). The zero-order chi connectivity index (χ0) is 19.4. The van der Waals surface area contributed by atoms with Crippen LogP contribution in [0.1, 0.15) is 27.2 Å². The molecule has 6 nitrogen and oxygen atoms in total. The van der Waals surface area contributed by atoms with Gasteiger partial charge in [0.2, 0.25) is 0 Å². The lowest BCUT2D eigenvalue weighted by Crippen LogP contribution is -2.29. The molecular weight excluding hydrogens is 349 g/mol. The number of aromatic nitrogens is 2. The largest absolute Gasteiger partial charge is 0.391 e. The monoisotopic (exact) mass is 367 g/mol. The van der Waals surface area contributed by atoms with E-state index < -0.39 is 18.1 Å². The molecule has 0 saturated heterocycles. The number of nitrogens with one attached hydrogen (secondary N) is 2. The van der Waals surface area contributed by atoms with Gasteiger partial charge in [-0.2, -0.15) is 0 Å². The summed E-state index contributed by atoms with van der Waals surface area (Å²) in [5.74, 6) is -0.724. The number of aliphatic hydroxyl groups excluding tert-OH is 1. The van der Waals surface area contributed by atoms with Crippen molar-refractivity contribution in [1.82, 2.24) is 15.3 Å². The Morgan fingerprint density at radius 2 is 1.81 bits per heavy atom. The van der Waals surface area contributed by atoms with Gasteiger partial charge in [-0.15, -0.1) is 0 Å². The summed E-state index contributed by atoms with van der Waals surface area (Å²) in [6, 6.07) is 13.0. The molecule has 1 aromatic heterocycles. The number of nitrogens with zero attached hydrogens (tertiary/aromatic N) is 1. The molecule has 0 saturated carbocycles. The average Bonchev–Trinajstić information content (AvgIpc) is 2.67. The second-order valence-electron chi connectivity index (χ2n) is 6.07. The Morgan fingerprint density at radius 1 is 1.15 bits per heavy atom. The highest BCUT2D eigenvalue weighted by Gasteiger charge is 2.18. The average molecular weight is 367 g/mol. The first kappa shape index (κ1) is 18.5. The fraction of sp³-hybridized carbons (Fsp3) is 0.150. The molecule has 0 spiro atoms. The van der Waals surface area contributed by atoms with E-state index in [1.807, 2.05) is 19.1 Å². The summed E-state index contributed by atoms with van der Waals surface area (Å²) in [6.45, 7) is 1.46. The highest BCUT2D eigenvalue weighted by molar-refractivity contribution is 5.94. The summed E-state index contributed by atoms with van der Waals surface area (Å²) in [5, 5.41) is 12.1. The minimum atomic E-state index is -0.615. The van der Waals surface area contributed by atoms with Crippen LogP contribution in [-0.2, 0) is 13.2 Å². The summed E-state index contributed by atoms with van der Waals surface area (Å²) in [6.07, 6.45) is 0. The first-order valence-corrected chi connectivity index (χ1v) is 8.31. The molecule has 0 fully saturated rings. The van der Waals surface area contributed by atoms with Gasteiger partial charge in [0.1, 0.15) is 17.3 Å². The molecule has 0 aliphatic carbocycles. The molecule has 0 unspecified atom stereocenters. The molecule has 3 aromatic rings. The van der Waals surface area contributed by atoms with Gasteiger partial charge in [-0.25, -0.2) is 9.37 Å². The van der Waals surface area contributed by atoms with Crippen molar-refractivity contribution in [3.8, 4) is 11.4 Å². The van der Waals surface area contributed by atoms with Crippen LogP contribution in [0.3, 0.4) is 0 Å². The fourth-order valence-electron chi connectivity index (χ4n) is 2.55. The Hall–Kier alpha value is -3.32. The molecule has 3 rings (SSSR count). The third-order valence-corrected chi connectivity index (χ3v) is 4.08. The normalized spacial score (nSPS) is 10.6. The van der Waals surface area contributed by atoms with Gasteiger partial charge in [0, 0.05) is 12.1 Å². The third kappa shape index (κ3) is 4.27. The lowest BCUT2D eigenvalue weighted by molar-refractivity contribution is 0.0942. The number of carbonyl (C=O) groups excluding carboxylic acids is 1. The topological polar surface area (TPSA) is 95.1 Å².